The van der Waals surface area contributed by atoms with Crippen LogP contribution in [0.5, 0.6) is 11.5 Å². The van der Waals surface area contributed by atoms with Crippen molar-refractivity contribution in [3.05, 3.63) is 65.0 Å². The molecule has 2 aromatic rings. The average Bonchev–Trinajstić information content (AvgIpc) is 3.21. The van der Waals surface area contributed by atoms with Crippen LogP contribution in [0.3, 0.4) is 0 Å². The molecule has 0 aliphatic carbocycles. The number of ether oxygens (including phenoxy) is 2. The number of methoxy groups -OCH3 is 2. The highest BCUT2D eigenvalue weighted by atomic mass is 19.1. The van der Waals surface area contributed by atoms with E-state index >= 15 is 0 Å². The molecule has 0 saturated carbocycles. The molecule has 1 fully saturated rings. The minimum absolute atomic E-state index is 0.0431. The molecule has 6 heteroatoms. The van der Waals surface area contributed by atoms with E-state index in [0.29, 0.717) is 36.2 Å². The third-order valence-corrected chi connectivity index (χ3v) is 6.04. The highest BCUT2D eigenvalue weighted by Crippen LogP contribution is 2.28. The third-order valence-electron chi connectivity index (χ3n) is 6.04. The summed E-state index contributed by atoms with van der Waals surface area (Å²) in [5, 5.41) is 0. The molecular formula is C26H33FN2O3. The van der Waals surface area contributed by atoms with Gasteiger partial charge in [0.15, 0.2) is 11.5 Å². The number of likely N-dealkylation sites (tertiary alicyclic amines) is 1. The van der Waals surface area contributed by atoms with Gasteiger partial charge in [-0.2, -0.15) is 0 Å². The van der Waals surface area contributed by atoms with Crippen LogP contribution in [0.25, 0.3) is 6.08 Å². The van der Waals surface area contributed by atoms with E-state index < -0.39 is 0 Å². The van der Waals surface area contributed by atoms with Crippen LogP contribution >= 0.6 is 0 Å². The van der Waals surface area contributed by atoms with Gasteiger partial charge in [0, 0.05) is 24.7 Å². The van der Waals surface area contributed by atoms with E-state index in [-0.39, 0.29) is 11.7 Å². The number of hydrogen-bond donors (Lipinski definition) is 0. The molecule has 1 aliphatic rings. The lowest BCUT2D eigenvalue weighted by Crippen LogP contribution is -2.37. The van der Waals surface area contributed by atoms with Gasteiger partial charge in [-0.15, -0.1) is 0 Å². The van der Waals surface area contributed by atoms with Crippen LogP contribution in [-0.4, -0.2) is 62.7 Å². The lowest BCUT2D eigenvalue weighted by molar-refractivity contribution is 0.0757. The summed E-state index contributed by atoms with van der Waals surface area (Å²) in [6, 6.07) is 12.1. The Bertz CT molecular complexity index is 943. The Labute approximate surface area is 190 Å². The van der Waals surface area contributed by atoms with Crippen LogP contribution in [0.4, 0.5) is 4.39 Å². The molecule has 0 N–H and O–H groups in total. The van der Waals surface area contributed by atoms with Crippen LogP contribution in [0.1, 0.15) is 42.1 Å². The number of halogens is 1. The van der Waals surface area contributed by atoms with Crippen molar-refractivity contribution in [2.24, 2.45) is 0 Å². The smallest absolute Gasteiger partial charge is 0.254 e. The first kappa shape index (κ1) is 23.8. The molecule has 0 bridgehead atoms. The molecule has 2 aromatic carbocycles. The first-order chi connectivity index (χ1) is 15.4. The van der Waals surface area contributed by atoms with Gasteiger partial charge in [-0.1, -0.05) is 23.8 Å². The van der Waals surface area contributed by atoms with Crippen molar-refractivity contribution >= 4 is 12.0 Å². The summed E-state index contributed by atoms with van der Waals surface area (Å²) in [5.41, 5.74) is 2.51. The van der Waals surface area contributed by atoms with Gasteiger partial charge in [-0.25, -0.2) is 4.39 Å². The van der Waals surface area contributed by atoms with Crippen molar-refractivity contribution in [2.75, 3.05) is 40.9 Å². The average molecular weight is 441 g/mol. The molecule has 0 aromatic heterocycles. The van der Waals surface area contributed by atoms with Crippen molar-refractivity contribution in [3.63, 3.8) is 0 Å². The second kappa shape index (κ2) is 11.1. The van der Waals surface area contributed by atoms with Crippen LogP contribution in [0.15, 0.2) is 48.0 Å². The van der Waals surface area contributed by atoms with Gasteiger partial charge in [-0.05, 0) is 75.7 Å². The molecule has 1 unspecified atom stereocenters. The van der Waals surface area contributed by atoms with Crippen molar-refractivity contribution in [1.29, 1.82) is 0 Å². The molecule has 1 saturated heterocycles. The Morgan fingerprint density at radius 1 is 1.16 bits per heavy atom. The van der Waals surface area contributed by atoms with Gasteiger partial charge in [0.05, 0.1) is 14.2 Å². The number of carbonyl (C=O) groups is 1. The van der Waals surface area contributed by atoms with Gasteiger partial charge in [0.25, 0.3) is 5.91 Å². The first-order valence-electron chi connectivity index (χ1n) is 11.1. The Balaban J connectivity index is 1.80. The largest absolute Gasteiger partial charge is 0.493 e. The maximum atomic E-state index is 13.5. The first-order valence-corrected chi connectivity index (χ1v) is 11.1. The molecule has 1 heterocycles. The molecule has 0 spiro atoms. The molecule has 32 heavy (non-hydrogen) atoms. The summed E-state index contributed by atoms with van der Waals surface area (Å²) in [5.74, 6) is 0.826. The van der Waals surface area contributed by atoms with Crippen LogP contribution in [-0.2, 0) is 0 Å². The second-order valence-electron chi connectivity index (χ2n) is 8.40. The highest BCUT2D eigenvalue weighted by molar-refractivity contribution is 5.95. The molecule has 172 valence electrons. The SMILES string of the molecule is COc1ccc(C(=O)N(CCC2CCCN2C)C/C(C)=C/c2ccc(F)cc2)cc1OC. The van der Waals surface area contributed by atoms with Crippen LogP contribution < -0.4 is 9.47 Å². The van der Waals surface area contributed by atoms with Gasteiger partial charge < -0.3 is 19.3 Å². The van der Waals surface area contributed by atoms with Gasteiger partial charge in [-0.3, -0.25) is 4.79 Å². The van der Waals surface area contributed by atoms with E-state index in [0.717, 1.165) is 24.1 Å². The van der Waals surface area contributed by atoms with Gasteiger partial charge in [0.1, 0.15) is 5.82 Å². The third kappa shape index (κ3) is 6.10. The lowest BCUT2D eigenvalue weighted by Gasteiger charge is -2.27. The van der Waals surface area contributed by atoms with Crippen molar-refractivity contribution in [1.82, 2.24) is 9.80 Å². The molecule has 1 amide bonds. The quantitative estimate of drug-likeness (QED) is 0.558. The van der Waals surface area contributed by atoms with E-state index in [9.17, 15) is 9.18 Å². The normalized spacial score (nSPS) is 16.8. The van der Waals surface area contributed by atoms with Crippen molar-refractivity contribution in [2.45, 2.75) is 32.2 Å². The maximum absolute atomic E-state index is 13.5. The molecule has 0 radical (unpaired) electrons. The Morgan fingerprint density at radius 2 is 1.88 bits per heavy atom. The fourth-order valence-corrected chi connectivity index (χ4v) is 4.24. The number of carbonyl (C=O) groups excluding carboxylic acids is 1. The molecule has 3 rings (SSSR count). The summed E-state index contributed by atoms with van der Waals surface area (Å²) >= 11 is 0. The summed E-state index contributed by atoms with van der Waals surface area (Å²) in [6.07, 6.45) is 5.29. The summed E-state index contributed by atoms with van der Waals surface area (Å²) < 4.78 is 23.9. The molecular weight excluding hydrogens is 407 g/mol. The molecule has 1 aliphatic heterocycles. The zero-order valence-electron chi connectivity index (χ0n) is 19.4. The van der Waals surface area contributed by atoms with Gasteiger partial charge in [0.2, 0.25) is 0 Å². The minimum atomic E-state index is -0.259. The predicted octanol–water partition coefficient (Wildman–Crippen LogP) is 4.87. The fraction of sp³-hybridized carbons (Fsp3) is 0.423. The lowest BCUT2D eigenvalue weighted by atomic mass is 10.1. The fourth-order valence-electron chi connectivity index (χ4n) is 4.24. The predicted molar refractivity (Wildman–Crippen MR) is 126 cm³/mol. The van der Waals surface area contributed by atoms with Crippen molar-refractivity contribution < 1.29 is 18.7 Å². The number of benzene rings is 2. The van der Waals surface area contributed by atoms with E-state index in [4.69, 9.17) is 9.47 Å². The van der Waals surface area contributed by atoms with Gasteiger partial charge >= 0.3 is 0 Å². The number of nitrogens with zero attached hydrogens (tertiary/aromatic N) is 2. The molecule has 5 nitrogen and oxygen atoms in total. The number of rotatable bonds is 9. The topological polar surface area (TPSA) is 42.0 Å². The highest BCUT2D eigenvalue weighted by Gasteiger charge is 2.24. The second-order valence-corrected chi connectivity index (χ2v) is 8.40. The van der Waals surface area contributed by atoms with E-state index in [2.05, 4.69) is 11.9 Å². The minimum Gasteiger partial charge on any atom is -0.493 e. The Kier molecular flexibility index (Phi) is 8.28. The molecule has 1 atom stereocenters. The number of amides is 1. The zero-order chi connectivity index (χ0) is 23.1. The summed E-state index contributed by atoms with van der Waals surface area (Å²) in [6.45, 7) is 4.27. The summed E-state index contributed by atoms with van der Waals surface area (Å²) in [7, 11) is 5.29. The summed E-state index contributed by atoms with van der Waals surface area (Å²) in [4.78, 5) is 17.7. The van der Waals surface area contributed by atoms with Crippen LogP contribution in [0.2, 0.25) is 0 Å². The van der Waals surface area contributed by atoms with E-state index in [1.165, 1.54) is 25.0 Å². The zero-order valence-corrected chi connectivity index (χ0v) is 19.4. The monoisotopic (exact) mass is 440 g/mol. The van der Waals surface area contributed by atoms with E-state index in [1.54, 1.807) is 44.6 Å². The van der Waals surface area contributed by atoms with Crippen molar-refractivity contribution in [3.8, 4) is 11.5 Å². The maximum Gasteiger partial charge on any atom is 0.254 e. The standard InChI is InChI=1S/C26H33FN2O3/c1-19(16-20-7-10-22(27)11-8-20)18-29(15-13-23-6-5-14-28(23)2)26(30)21-9-12-24(31-3)25(17-21)32-4/h7-12,16-17,23H,5-6,13-15,18H2,1-4H3/b19-16+. The van der Waals surface area contributed by atoms with Crippen LogP contribution in [0, 0.1) is 5.82 Å². The Hall–Kier alpha value is -2.86. The number of hydrogen-bond acceptors (Lipinski definition) is 4. The van der Waals surface area contributed by atoms with E-state index in [1.807, 2.05) is 17.9 Å². The Morgan fingerprint density at radius 3 is 2.50 bits per heavy atom.